The number of nitrogens with zero attached hydrogens (tertiary/aromatic N) is 1. The molecule has 0 saturated carbocycles. The third-order valence-electron chi connectivity index (χ3n) is 5.61. The van der Waals surface area contributed by atoms with Crippen molar-refractivity contribution in [1.82, 2.24) is 5.32 Å². The molecule has 0 radical (unpaired) electrons. The van der Waals surface area contributed by atoms with E-state index in [0.717, 1.165) is 20.5 Å². The molecule has 9 heteroatoms. The largest absolute Gasteiger partial charge is 0.490 e. The molecule has 37 heavy (non-hydrogen) atoms. The second-order valence-electron chi connectivity index (χ2n) is 8.43. The summed E-state index contributed by atoms with van der Waals surface area (Å²) in [6.45, 7) is 6.37. The number of benzene rings is 3. The molecule has 1 fully saturated rings. The Morgan fingerprint density at radius 2 is 1.76 bits per heavy atom. The van der Waals surface area contributed by atoms with Crippen LogP contribution in [0.3, 0.4) is 0 Å². The van der Waals surface area contributed by atoms with Crippen molar-refractivity contribution in [3.05, 3.63) is 91.4 Å². The Labute approximate surface area is 231 Å². The molecule has 3 aromatic rings. The summed E-state index contributed by atoms with van der Waals surface area (Å²) in [5, 5.41) is 2.26. The molecule has 0 aromatic heterocycles. The van der Waals surface area contributed by atoms with Gasteiger partial charge in [0.1, 0.15) is 12.2 Å². The van der Waals surface area contributed by atoms with Crippen molar-refractivity contribution in [2.75, 3.05) is 11.5 Å². The highest BCUT2D eigenvalue weighted by Crippen LogP contribution is 2.38. The standard InChI is InChI=1S/C28H24Br2N2O5/c1-4-36-24-14-19(13-22(30)25(24)37-15-18-7-5-6-16(2)10-18)12-21-26(33)31-28(35)32(27(21)34)23-9-8-20(29)11-17(23)3/h5-14H,4,15H2,1-3H3,(H,31,33,35)/b21-12-. The summed E-state index contributed by atoms with van der Waals surface area (Å²) >= 11 is 6.92. The smallest absolute Gasteiger partial charge is 0.335 e. The molecule has 1 aliphatic heterocycles. The number of hydrogen-bond acceptors (Lipinski definition) is 5. The number of halogens is 2. The van der Waals surface area contributed by atoms with Gasteiger partial charge in [-0.05, 0) is 89.8 Å². The van der Waals surface area contributed by atoms with Crippen molar-refractivity contribution < 1.29 is 23.9 Å². The zero-order chi connectivity index (χ0) is 26.7. The zero-order valence-corrected chi connectivity index (χ0v) is 23.6. The molecule has 3 aromatic carbocycles. The van der Waals surface area contributed by atoms with Crippen molar-refractivity contribution in [2.24, 2.45) is 0 Å². The van der Waals surface area contributed by atoms with Crippen LogP contribution in [0, 0.1) is 13.8 Å². The Morgan fingerprint density at radius 1 is 0.973 bits per heavy atom. The Bertz CT molecular complexity index is 1430. The SMILES string of the molecule is CCOc1cc(/C=C2/C(=O)NC(=O)N(c3ccc(Br)cc3C)C2=O)cc(Br)c1OCc1cccc(C)c1. The molecule has 1 saturated heterocycles. The van der Waals surface area contributed by atoms with Crippen LogP contribution in [-0.2, 0) is 16.2 Å². The lowest BCUT2D eigenvalue weighted by molar-refractivity contribution is -0.122. The molecule has 1 aliphatic rings. The van der Waals surface area contributed by atoms with E-state index >= 15 is 0 Å². The van der Waals surface area contributed by atoms with Gasteiger partial charge in [0, 0.05) is 4.47 Å². The molecule has 4 rings (SSSR count). The first kappa shape index (κ1) is 26.6. The molecule has 0 atom stereocenters. The molecule has 190 valence electrons. The first-order chi connectivity index (χ1) is 17.7. The Kier molecular flexibility index (Phi) is 8.14. The molecule has 0 bridgehead atoms. The fourth-order valence-corrected chi connectivity index (χ4v) is 4.99. The van der Waals surface area contributed by atoms with Gasteiger partial charge in [-0.1, -0.05) is 45.8 Å². The summed E-state index contributed by atoms with van der Waals surface area (Å²) in [7, 11) is 0. The second kappa shape index (κ2) is 11.3. The molecule has 7 nitrogen and oxygen atoms in total. The lowest BCUT2D eigenvalue weighted by Gasteiger charge is -2.27. The van der Waals surface area contributed by atoms with Gasteiger partial charge in [0.05, 0.1) is 16.8 Å². The van der Waals surface area contributed by atoms with Crippen LogP contribution < -0.4 is 19.7 Å². The summed E-state index contributed by atoms with van der Waals surface area (Å²) in [5.74, 6) is -0.521. The molecular weight excluding hydrogens is 604 g/mol. The van der Waals surface area contributed by atoms with Crippen molar-refractivity contribution >= 4 is 61.5 Å². The van der Waals surface area contributed by atoms with Gasteiger partial charge in [-0.2, -0.15) is 0 Å². The van der Waals surface area contributed by atoms with Crippen LogP contribution in [0.4, 0.5) is 10.5 Å². The Morgan fingerprint density at radius 3 is 2.46 bits per heavy atom. The van der Waals surface area contributed by atoms with Gasteiger partial charge in [0.15, 0.2) is 11.5 Å². The van der Waals surface area contributed by atoms with Gasteiger partial charge in [-0.25, -0.2) is 9.69 Å². The van der Waals surface area contributed by atoms with Crippen LogP contribution in [0.15, 0.2) is 69.1 Å². The number of barbiturate groups is 1. The van der Waals surface area contributed by atoms with E-state index in [0.29, 0.717) is 46.0 Å². The number of anilines is 1. The van der Waals surface area contributed by atoms with Crippen LogP contribution in [0.25, 0.3) is 6.08 Å². The van der Waals surface area contributed by atoms with Gasteiger partial charge in [-0.3, -0.25) is 14.9 Å². The molecule has 0 aliphatic carbocycles. The average Bonchev–Trinajstić information content (AvgIpc) is 2.83. The zero-order valence-electron chi connectivity index (χ0n) is 20.4. The summed E-state index contributed by atoms with van der Waals surface area (Å²) < 4.78 is 13.3. The van der Waals surface area contributed by atoms with Crippen LogP contribution in [0.1, 0.15) is 29.2 Å². The maximum absolute atomic E-state index is 13.3. The minimum atomic E-state index is -0.798. The average molecular weight is 628 g/mol. The van der Waals surface area contributed by atoms with E-state index in [-0.39, 0.29) is 5.57 Å². The van der Waals surface area contributed by atoms with Gasteiger partial charge < -0.3 is 9.47 Å². The van der Waals surface area contributed by atoms with E-state index < -0.39 is 17.8 Å². The van der Waals surface area contributed by atoms with Crippen LogP contribution in [0.5, 0.6) is 11.5 Å². The number of aryl methyl sites for hydroxylation is 2. The molecule has 0 unspecified atom stereocenters. The van der Waals surface area contributed by atoms with E-state index in [4.69, 9.17) is 9.47 Å². The number of ether oxygens (including phenoxy) is 2. The lowest BCUT2D eigenvalue weighted by atomic mass is 10.1. The highest BCUT2D eigenvalue weighted by molar-refractivity contribution is 9.10. The number of amides is 4. The van der Waals surface area contributed by atoms with Crippen LogP contribution in [-0.4, -0.2) is 24.5 Å². The Balaban J connectivity index is 1.67. The van der Waals surface area contributed by atoms with Crippen LogP contribution >= 0.6 is 31.9 Å². The highest BCUT2D eigenvalue weighted by atomic mass is 79.9. The molecule has 1 N–H and O–H groups in total. The van der Waals surface area contributed by atoms with Gasteiger partial charge in [0.2, 0.25) is 0 Å². The number of imide groups is 2. The first-order valence-corrected chi connectivity index (χ1v) is 13.1. The third kappa shape index (κ3) is 5.94. The summed E-state index contributed by atoms with van der Waals surface area (Å²) in [6.07, 6.45) is 1.43. The van der Waals surface area contributed by atoms with E-state index in [1.807, 2.05) is 38.1 Å². The lowest BCUT2D eigenvalue weighted by Crippen LogP contribution is -2.54. The quantitative estimate of drug-likeness (QED) is 0.240. The van der Waals surface area contributed by atoms with Crippen molar-refractivity contribution in [1.29, 1.82) is 0 Å². The predicted octanol–water partition coefficient (Wildman–Crippen LogP) is 6.47. The fraction of sp³-hybridized carbons (Fsp3) is 0.179. The van der Waals surface area contributed by atoms with Gasteiger partial charge in [0.25, 0.3) is 11.8 Å². The molecule has 1 heterocycles. The number of carbonyl (C=O) groups is 3. The monoisotopic (exact) mass is 626 g/mol. The van der Waals surface area contributed by atoms with Gasteiger partial charge in [-0.15, -0.1) is 0 Å². The van der Waals surface area contributed by atoms with E-state index in [1.165, 1.54) is 6.08 Å². The van der Waals surface area contributed by atoms with Crippen molar-refractivity contribution in [3.63, 3.8) is 0 Å². The summed E-state index contributed by atoms with van der Waals surface area (Å²) in [5.41, 5.74) is 3.58. The van der Waals surface area contributed by atoms with Gasteiger partial charge >= 0.3 is 6.03 Å². The minimum Gasteiger partial charge on any atom is -0.490 e. The van der Waals surface area contributed by atoms with Crippen LogP contribution in [0.2, 0.25) is 0 Å². The predicted molar refractivity (Wildman–Crippen MR) is 149 cm³/mol. The fourth-order valence-electron chi connectivity index (χ4n) is 3.94. The summed E-state index contributed by atoms with van der Waals surface area (Å²) in [4.78, 5) is 39.6. The normalized spacial score (nSPS) is 14.7. The number of rotatable bonds is 7. The van der Waals surface area contributed by atoms with E-state index in [2.05, 4.69) is 37.2 Å². The molecule has 0 spiro atoms. The second-order valence-corrected chi connectivity index (χ2v) is 10.2. The topological polar surface area (TPSA) is 84.9 Å². The highest BCUT2D eigenvalue weighted by Gasteiger charge is 2.37. The Hall–Kier alpha value is -3.43. The number of hydrogen-bond donors (Lipinski definition) is 1. The maximum Gasteiger partial charge on any atom is 0.335 e. The van der Waals surface area contributed by atoms with E-state index in [9.17, 15) is 14.4 Å². The maximum atomic E-state index is 13.3. The number of nitrogens with one attached hydrogen (secondary N) is 1. The van der Waals surface area contributed by atoms with Crippen molar-refractivity contribution in [2.45, 2.75) is 27.4 Å². The first-order valence-electron chi connectivity index (χ1n) is 11.5. The number of urea groups is 1. The summed E-state index contributed by atoms with van der Waals surface area (Å²) in [6, 6.07) is 15.8. The number of carbonyl (C=O) groups excluding carboxylic acids is 3. The molecular formula is C28H24Br2N2O5. The van der Waals surface area contributed by atoms with E-state index in [1.54, 1.807) is 37.3 Å². The molecule has 4 amide bonds. The minimum absolute atomic E-state index is 0.176. The third-order valence-corrected chi connectivity index (χ3v) is 6.69. The van der Waals surface area contributed by atoms with Crippen molar-refractivity contribution in [3.8, 4) is 11.5 Å².